The van der Waals surface area contributed by atoms with Gasteiger partial charge in [-0.05, 0) is 34.1 Å². The van der Waals surface area contributed by atoms with Crippen molar-refractivity contribution in [3.63, 3.8) is 0 Å². The number of hydrogen-bond acceptors (Lipinski definition) is 4. The molecule has 0 unspecified atom stereocenters. The zero-order valence-electron chi connectivity index (χ0n) is 9.96. The monoisotopic (exact) mass is 354 g/mol. The van der Waals surface area contributed by atoms with Gasteiger partial charge >= 0.3 is 0 Å². The number of aliphatic imine (C=N–C) groups is 1. The van der Waals surface area contributed by atoms with Gasteiger partial charge in [0.1, 0.15) is 5.75 Å². The van der Waals surface area contributed by atoms with Crippen LogP contribution in [0.15, 0.2) is 45.9 Å². The zero-order valence-corrected chi connectivity index (χ0v) is 12.3. The maximum atomic E-state index is 10.8. The average Bonchev–Trinajstić information content (AvgIpc) is 2.40. The Morgan fingerprint density at radius 3 is 2.75 bits per heavy atom. The molecule has 0 aliphatic heterocycles. The number of non-ortho nitro benzene ring substituents is 1. The molecule has 0 amide bonds. The lowest BCUT2D eigenvalue weighted by atomic mass is 10.2. The molecule has 0 aliphatic rings. The van der Waals surface area contributed by atoms with Crippen LogP contribution in [-0.2, 0) is 0 Å². The van der Waals surface area contributed by atoms with Crippen LogP contribution in [0, 0.1) is 10.1 Å². The standard InChI is InChI=1S/C13H8BrClN2O3/c14-12-6-11(17(19)20)4-8(13(12)18)7-16-10-3-1-2-9(15)5-10/h1-7,18H. The Bertz CT molecular complexity index is 704. The highest BCUT2D eigenvalue weighted by atomic mass is 79.9. The molecule has 2 rings (SSSR count). The van der Waals surface area contributed by atoms with Crippen molar-refractivity contribution in [1.82, 2.24) is 0 Å². The van der Waals surface area contributed by atoms with Crippen LogP contribution in [0.1, 0.15) is 5.56 Å². The molecule has 0 radical (unpaired) electrons. The molecule has 2 aromatic carbocycles. The van der Waals surface area contributed by atoms with Crippen molar-refractivity contribution in [2.75, 3.05) is 0 Å². The SMILES string of the molecule is O=[N+]([O-])c1cc(Br)c(O)c(C=Nc2cccc(Cl)c2)c1. The number of nitro groups is 1. The number of benzene rings is 2. The molecule has 0 aromatic heterocycles. The molecule has 0 aliphatic carbocycles. The molecule has 0 atom stereocenters. The van der Waals surface area contributed by atoms with E-state index in [1.807, 2.05) is 0 Å². The summed E-state index contributed by atoms with van der Waals surface area (Å²) in [5.41, 5.74) is 0.688. The summed E-state index contributed by atoms with van der Waals surface area (Å²) in [6.07, 6.45) is 1.35. The first kappa shape index (κ1) is 14.5. The lowest BCUT2D eigenvalue weighted by Gasteiger charge is -2.02. The Morgan fingerprint density at radius 2 is 2.10 bits per heavy atom. The van der Waals surface area contributed by atoms with Gasteiger partial charge < -0.3 is 5.11 Å². The smallest absolute Gasteiger partial charge is 0.271 e. The molecule has 0 spiro atoms. The number of phenols is 1. The summed E-state index contributed by atoms with van der Waals surface area (Å²) in [4.78, 5) is 14.4. The van der Waals surface area contributed by atoms with Gasteiger partial charge in [-0.15, -0.1) is 0 Å². The van der Waals surface area contributed by atoms with E-state index < -0.39 is 4.92 Å². The fourth-order valence-corrected chi connectivity index (χ4v) is 2.16. The van der Waals surface area contributed by atoms with Crippen molar-refractivity contribution in [1.29, 1.82) is 0 Å². The van der Waals surface area contributed by atoms with E-state index in [1.54, 1.807) is 24.3 Å². The predicted molar refractivity (Wildman–Crippen MR) is 81.2 cm³/mol. The normalized spacial score (nSPS) is 10.9. The third-order valence-electron chi connectivity index (χ3n) is 2.45. The zero-order chi connectivity index (χ0) is 14.7. The minimum absolute atomic E-state index is 0.110. The molecule has 2 aromatic rings. The Balaban J connectivity index is 2.40. The van der Waals surface area contributed by atoms with E-state index in [0.29, 0.717) is 10.7 Å². The van der Waals surface area contributed by atoms with Gasteiger partial charge in [-0.1, -0.05) is 17.7 Å². The summed E-state index contributed by atoms with van der Waals surface area (Å²) in [7, 11) is 0. The van der Waals surface area contributed by atoms with Gasteiger partial charge in [0.05, 0.1) is 15.1 Å². The minimum Gasteiger partial charge on any atom is -0.506 e. The Hall–Kier alpha value is -1.92. The number of rotatable bonds is 3. The van der Waals surface area contributed by atoms with E-state index in [1.165, 1.54) is 18.3 Å². The summed E-state index contributed by atoms with van der Waals surface area (Å²) in [5, 5.41) is 21.2. The van der Waals surface area contributed by atoms with E-state index in [-0.39, 0.29) is 21.5 Å². The van der Waals surface area contributed by atoms with Crippen molar-refractivity contribution in [2.24, 2.45) is 4.99 Å². The first-order chi connectivity index (χ1) is 9.47. The van der Waals surface area contributed by atoms with Crippen LogP contribution in [-0.4, -0.2) is 16.2 Å². The molecule has 0 heterocycles. The maximum Gasteiger partial charge on any atom is 0.271 e. The quantitative estimate of drug-likeness (QED) is 0.501. The van der Waals surface area contributed by atoms with Gasteiger partial charge in [-0.3, -0.25) is 15.1 Å². The van der Waals surface area contributed by atoms with Gasteiger partial charge in [-0.2, -0.15) is 0 Å². The van der Waals surface area contributed by atoms with E-state index >= 15 is 0 Å². The van der Waals surface area contributed by atoms with Crippen molar-refractivity contribution in [3.05, 3.63) is 61.6 Å². The third-order valence-corrected chi connectivity index (χ3v) is 3.29. The van der Waals surface area contributed by atoms with E-state index in [2.05, 4.69) is 20.9 Å². The number of aromatic hydroxyl groups is 1. The largest absolute Gasteiger partial charge is 0.506 e. The van der Waals surface area contributed by atoms with Gasteiger partial charge in [0.25, 0.3) is 5.69 Å². The number of nitrogens with zero attached hydrogens (tertiary/aromatic N) is 2. The Kier molecular flexibility index (Phi) is 4.36. The fourth-order valence-electron chi connectivity index (χ4n) is 1.51. The molecule has 1 N–H and O–H groups in total. The summed E-state index contributed by atoms with van der Waals surface area (Å²) in [6.45, 7) is 0. The van der Waals surface area contributed by atoms with E-state index in [0.717, 1.165) is 0 Å². The van der Waals surface area contributed by atoms with Gasteiger partial charge in [0.15, 0.2) is 0 Å². The van der Waals surface area contributed by atoms with Gasteiger partial charge in [0.2, 0.25) is 0 Å². The van der Waals surface area contributed by atoms with Gasteiger partial charge in [0, 0.05) is 28.9 Å². The first-order valence-corrected chi connectivity index (χ1v) is 6.61. The molecule has 102 valence electrons. The van der Waals surface area contributed by atoms with Gasteiger partial charge in [-0.25, -0.2) is 0 Å². The molecule has 0 saturated carbocycles. The second-order valence-electron chi connectivity index (χ2n) is 3.86. The molecule has 7 heteroatoms. The van der Waals surface area contributed by atoms with Crippen molar-refractivity contribution < 1.29 is 10.0 Å². The number of halogens is 2. The average molecular weight is 356 g/mol. The minimum atomic E-state index is -0.541. The molecular formula is C13H8BrClN2O3. The van der Waals surface area contributed by atoms with Crippen LogP contribution in [0.2, 0.25) is 5.02 Å². The molecule has 5 nitrogen and oxygen atoms in total. The van der Waals surface area contributed by atoms with Crippen LogP contribution in [0.3, 0.4) is 0 Å². The van der Waals surface area contributed by atoms with E-state index in [9.17, 15) is 15.2 Å². The molecular weight excluding hydrogens is 348 g/mol. The number of phenolic OH excluding ortho intramolecular Hbond substituents is 1. The Labute approximate surface area is 127 Å². The lowest BCUT2D eigenvalue weighted by molar-refractivity contribution is -0.385. The predicted octanol–water partition coefficient (Wildman–Crippen LogP) is 4.47. The van der Waals surface area contributed by atoms with Crippen LogP contribution >= 0.6 is 27.5 Å². The van der Waals surface area contributed by atoms with Crippen LogP contribution < -0.4 is 0 Å². The topological polar surface area (TPSA) is 75.7 Å². The summed E-state index contributed by atoms with van der Waals surface area (Å²) < 4.78 is 0.235. The highest BCUT2D eigenvalue weighted by Gasteiger charge is 2.13. The summed E-state index contributed by atoms with van der Waals surface area (Å²) in [5.74, 6) is -0.110. The van der Waals surface area contributed by atoms with E-state index in [4.69, 9.17) is 11.6 Å². The summed E-state index contributed by atoms with van der Waals surface area (Å²) in [6, 6.07) is 9.29. The van der Waals surface area contributed by atoms with Crippen molar-refractivity contribution in [2.45, 2.75) is 0 Å². The first-order valence-electron chi connectivity index (χ1n) is 5.44. The molecule has 0 bridgehead atoms. The highest BCUT2D eigenvalue weighted by Crippen LogP contribution is 2.32. The number of nitro benzene ring substituents is 1. The Morgan fingerprint density at radius 1 is 1.35 bits per heavy atom. The van der Waals surface area contributed by atoms with Crippen molar-refractivity contribution >= 4 is 45.1 Å². The fraction of sp³-hybridized carbons (Fsp3) is 0. The molecule has 20 heavy (non-hydrogen) atoms. The van der Waals surface area contributed by atoms with Crippen LogP contribution in [0.4, 0.5) is 11.4 Å². The second-order valence-corrected chi connectivity index (χ2v) is 5.15. The molecule has 0 fully saturated rings. The third kappa shape index (κ3) is 3.34. The number of hydrogen-bond donors (Lipinski definition) is 1. The van der Waals surface area contributed by atoms with Crippen LogP contribution in [0.25, 0.3) is 0 Å². The molecule has 0 saturated heterocycles. The maximum absolute atomic E-state index is 10.8. The van der Waals surface area contributed by atoms with Crippen molar-refractivity contribution in [3.8, 4) is 5.75 Å². The highest BCUT2D eigenvalue weighted by molar-refractivity contribution is 9.10. The lowest BCUT2D eigenvalue weighted by Crippen LogP contribution is -1.91. The van der Waals surface area contributed by atoms with Crippen LogP contribution in [0.5, 0.6) is 5.75 Å². The summed E-state index contributed by atoms with van der Waals surface area (Å²) >= 11 is 8.90. The second kappa shape index (κ2) is 6.02.